The first-order valence-corrected chi connectivity index (χ1v) is 6.46. The first-order chi connectivity index (χ1) is 9.34. The third kappa shape index (κ3) is 2.80. The van der Waals surface area contributed by atoms with Crippen LogP contribution in [0, 0.1) is 0 Å². The Morgan fingerprint density at radius 2 is 2.05 bits per heavy atom. The van der Waals surface area contributed by atoms with Crippen molar-refractivity contribution in [3.05, 3.63) is 34.9 Å². The van der Waals surface area contributed by atoms with Gasteiger partial charge in [-0.15, -0.1) is 11.6 Å². The Morgan fingerprint density at radius 1 is 1.35 bits per heavy atom. The SMILES string of the molecule is O=C(CCl)c1cccc2c1CCC2NC(=O)C(F)(F)F. The lowest BCUT2D eigenvalue weighted by molar-refractivity contribution is -0.174. The van der Waals surface area contributed by atoms with Crippen molar-refractivity contribution in [1.29, 1.82) is 0 Å². The minimum absolute atomic E-state index is 0.184. The maximum Gasteiger partial charge on any atom is 0.471 e. The van der Waals surface area contributed by atoms with Gasteiger partial charge < -0.3 is 5.32 Å². The van der Waals surface area contributed by atoms with Crippen molar-refractivity contribution >= 4 is 23.3 Å². The molecule has 108 valence electrons. The smallest absolute Gasteiger partial charge is 0.341 e. The molecule has 20 heavy (non-hydrogen) atoms. The summed E-state index contributed by atoms with van der Waals surface area (Å²) >= 11 is 5.50. The van der Waals surface area contributed by atoms with Crippen LogP contribution in [0.2, 0.25) is 0 Å². The molecule has 1 unspecified atom stereocenters. The second-order valence-electron chi connectivity index (χ2n) is 4.49. The molecule has 1 aromatic rings. The summed E-state index contributed by atoms with van der Waals surface area (Å²) in [6, 6.07) is 4.07. The zero-order valence-corrected chi connectivity index (χ0v) is 11.0. The molecule has 0 heterocycles. The summed E-state index contributed by atoms with van der Waals surface area (Å²) in [5.74, 6) is -2.42. The van der Waals surface area contributed by atoms with Crippen LogP contribution in [-0.4, -0.2) is 23.7 Å². The number of hydrogen-bond donors (Lipinski definition) is 1. The number of Topliss-reactive ketones (excluding diaryl/α,β-unsaturated/α-hetero) is 1. The average molecular weight is 306 g/mol. The predicted molar refractivity (Wildman–Crippen MR) is 66.8 cm³/mol. The van der Waals surface area contributed by atoms with Gasteiger partial charge in [0.25, 0.3) is 0 Å². The van der Waals surface area contributed by atoms with E-state index in [4.69, 9.17) is 11.6 Å². The van der Waals surface area contributed by atoms with Crippen LogP contribution in [0.4, 0.5) is 13.2 Å². The van der Waals surface area contributed by atoms with Gasteiger partial charge >= 0.3 is 12.1 Å². The number of fused-ring (bicyclic) bond motifs is 1. The monoisotopic (exact) mass is 305 g/mol. The van der Waals surface area contributed by atoms with Crippen LogP contribution in [0.1, 0.15) is 33.9 Å². The van der Waals surface area contributed by atoms with E-state index in [9.17, 15) is 22.8 Å². The second-order valence-corrected chi connectivity index (χ2v) is 4.76. The number of rotatable bonds is 3. The van der Waals surface area contributed by atoms with Crippen LogP contribution < -0.4 is 5.32 Å². The molecule has 2 rings (SSSR count). The first kappa shape index (κ1) is 14.8. The number of halogens is 4. The third-order valence-electron chi connectivity index (χ3n) is 3.26. The Morgan fingerprint density at radius 3 is 2.65 bits per heavy atom. The highest BCUT2D eigenvalue weighted by Gasteiger charge is 2.41. The molecule has 0 spiro atoms. The molecule has 0 radical (unpaired) electrons. The average Bonchev–Trinajstić information content (AvgIpc) is 2.80. The number of carbonyl (C=O) groups is 2. The van der Waals surface area contributed by atoms with E-state index < -0.39 is 18.1 Å². The molecule has 1 atom stereocenters. The first-order valence-electron chi connectivity index (χ1n) is 5.93. The van der Waals surface area contributed by atoms with Crippen molar-refractivity contribution in [3.8, 4) is 0 Å². The van der Waals surface area contributed by atoms with Gasteiger partial charge in [-0.3, -0.25) is 9.59 Å². The summed E-state index contributed by atoms with van der Waals surface area (Å²) < 4.78 is 36.8. The van der Waals surface area contributed by atoms with Crippen molar-refractivity contribution in [3.63, 3.8) is 0 Å². The van der Waals surface area contributed by atoms with Crippen LogP contribution in [0.3, 0.4) is 0 Å². The molecular formula is C13H11ClF3NO2. The normalized spacial score (nSPS) is 17.7. The van der Waals surface area contributed by atoms with Crippen molar-refractivity contribution in [2.75, 3.05) is 5.88 Å². The lowest BCUT2D eigenvalue weighted by Crippen LogP contribution is -2.38. The van der Waals surface area contributed by atoms with Gasteiger partial charge in [0.2, 0.25) is 0 Å². The van der Waals surface area contributed by atoms with E-state index in [1.54, 1.807) is 18.2 Å². The van der Waals surface area contributed by atoms with Gasteiger partial charge in [0.1, 0.15) is 0 Å². The second kappa shape index (κ2) is 5.44. The van der Waals surface area contributed by atoms with E-state index in [1.807, 2.05) is 5.32 Å². The van der Waals surface area contributed by atoms with Gasteiger partial charge in [-0.1, -0.05) is 18.2 Å². The van der Waals surface area contributed by atoms with Gasteiger partial charge in [-0.25, -0.2) is 0 Å². The number of nitrogens with one attached hydrogen (secondary N) is 1. The highest BCUT2D eigenvalue weighted by atomic mass is 35.5. The van der Waals surface area contributed by atoms with E-state index in [0.717, 1.165) is 0 Å². The van der Waals surface area contributed by atoms with E-state index in [1.165, 1.54) is 0 Å². The number of amides is 1. The molecule has 1 aromatic carbocycles. The number of carbonyl (C=O) groups excluding carboxylic acids is 2. The van der Waals surface area contributed by atoms with Crippen LogP contribution >= 0.6 is 11.6 Å². The topological polar surface area (TPSA) is 46.2 Å². The Balaban J connectivity index is 2.26. The standard InChI is InChI=1S/C13H11ClF3NO2/c14-6-11(19)9-3-1-2-8-7(9)4-5-10(8)18-12(20)13(15,16)17/h1-3,10H,4-6H2,(H,18,20). The number of benzene rings is 1. The quantitative estimate of drug-likeness (QED) is 0.689. The van der Waals surface area contributed by atoms with Crippen molar-refractivity contribution < 1.29 is 22.8 Å². The fourth-order valence-electron chi connectivity index (χ4n) is 2.38. The summed E-state index contributed by atoms with van der Waals surface area (Å²) in [7, 11) is 0. The summed E-state index contributed by atoms with van der Waals surface area (Å²) in [4.78, 5) is 22.6. The van der Waals surface area contributed by atoms with E-state index in [-0.39, 0.29) is 11.7 Å². The number of alkyl halides is 4. The highest BCUT2D eigenvalue weighted by molar-refractivity contribution is 6.30. The molecule has 0 bridgehead atoms. The molecule has 0 aliphatic heterocycles. The van der Waals surface area contributed by atoms with Gasteiger partial charge in [-0.05, 0) is 24.0 Å². The highest BCUT2D eigenvalue weighted by Crippen LogP contribution is 2.34. The molecule has 1 aliphatic rings. The van der Waals surface area contributed by atoms with Gasteiger partial charge in [0, 0.05) is 5.56 Å². The number of hydrogen-bond acceptors (Lipinski definition) is 2. The van der Waals surface area contributed by atoms with Crippen molar-refractivity contribution in [2.24, 2.45) is 0 Å². The lowest BCUT2D eigenvalue weighted by atomic mass is 10.00. The molecule has 0 saturated heterocycles. The Labute approximate surface area is 118 Å². The molecular weight excluding hydrogens is 295 g/mol. The fourth-order valence-corrected chi connectivity index (χ4v) is 2.52. The Bertz CT molecular complexity index is 557. The van der Waals surface area contributed by atoms with Crippen LogP contribution in [-0.2, 0) is 11.2 Å². The zero-order valence-electron chi connectivity index (χ0n) is 10.3. The van der Waals surface area contributed by atoms with Gasteiger partial charge in [0.05, 0.1) is 11.9 Å². The molecule has 1 aliphatic carbocycles. The predicted octanol–water partition coefficient (Wildman–Crippen LogP) is 2.77. The molecule has 3 nitrogen and oxygen atoms in total. The molecule has 7 heteroatoms. The van der Waals surface area contributed by atoms with Crippen molar-refractivity contribution in [2.45, 2.75) is 25.1 Å². The maximum absolute atomic E-state index is 12.3. The largest absolute Gasteiger partial charge is 0.471 e. The Hall–Kier alpha value is -1.56. The van der Waals surface area contributed by atoms with Gasteiger partial charge in [0.15, 0.2) is 5.78 Å². The summed E-state index contributed by atoms with van der Waals surface area (Å²) in [5, 5.41) is 1.95. The van der Waals surface area contributed by atoms with E-state index in [0.29, 0.717) is 29.5 Å². The molecule has 0 fully saturated rings. The molecule has 0 saturated carbocycles. The molecule has 1 amide bonds. The minimum atomic E-state index is -4.91. The van der Waals surface area contributed by atoms with Crippen LogP contribution in [0.15, 0.2) is 18.2 Å². The zero-order chi connectivity index (χ0) is 14.9. The van der Waals surface area contributed by atoms with Crippen molar-refractivity contribution in [1.82, 2.24) is 5.32 Å². The maximum atomic E-state index is 12.3. The van der Waals surface area contributed by atoms with E-state index >= 15 is 0 Å². The molecule has 0 aromatic heterocycles. The summed E-state index contributed by atoms with van der Waals surface area (Å²) in [6.07, 6.45) is -4.13. The van der Waals surface area contributed by atoms with Crippen LogP contribution in [0.25, 0.3) is 0 Å². The van der Waals surface area contributed by atoms with E-state index in [2.05, 4.69) is 0 Å². The molecule has 1 N–H and O–H groups in total. The summed E-state index contributed by atoms with van der Waals surface area (Å²) in [5.41, 5.74) is 1.64. The fraction of sp³-hybridized carbons (Fsp3) is 0.385. The summed E-state index contributed by atoms with van der Waals surface area (Å²) in [6.45, 7) is 0. The Kier molecular flexibility index (Phi) is 4.04. The lowest BCUT2D eigenvalue weighted by Gasteiger charge is -2.15. The van der Waals surface area contributed by atoms with Crippen LogP contribution in [0.5, 0.6) is 0 Å². The third-order valence-corrected chi connectivity index (χ3v) is 3.50. The van der Waals surface area contributed by atoms with Gasteiger partial charge in [-0.2, -0.15) is 13.2 Å². The number of ketones is 1. The minimum Gasteiger partial charge on any atom is -0.341 e.